The van der Waals surface area contributed by atoms with E-state index in [-0.39, 0.29) is 0 Å². The lowest BCUT2D eigenvalue weighted by Crippen LogP contribution is -2.25. The minimum absolute atomic E-state index is 0.462. The maximum Gasteiger partial charge on any atom is 0.105 e. The second kappa shape index (κ2) is 5.88. The summed E-state index contributed by atoms with van der Waals surface area (Å²) in [5.74, 6) is 1.05. The second-order valence-electron chi connectivity index (χ2n) is 4.51. The fourth-order valence-electron chi connectivity index (χ4n) is 2.13. The molecule has 1 heterocycles. The summed E-state index contributed by atoms with van der Waals surface area (Å²) in [6.07, 6.45) is 4.57. The van der Waals surface area contributed by atoms with Crippen LogP contribution in [0.1, 0.15) is 31.2 Å². The van der Waals surface area contributed by atoms with Crippen LogP contribution in [0.15, 0.2) is 23.2 Å². The zero-order valence-corrected chi connectivity index (χ0v) is 11.2. The quantitative estimate of drug-likeness (QED) is 0.772. The van der Waals surface area contributed by atoms with Crippen LogP contribution in [0, 0.1) is 11.3 Å². The van der Waals surface area contributed by atoms with Gasteiger partial charge in [0.1, 0.15) is 11.9 Å². The summed E-state index contributed by atoms with van der Waals surface area (Å²) in [5, 5.41) is 9.60. The molecule has 1 aromatic carbocycles. The van der Waals surface area contributed by atoms with Crippen LogP contribution in [-0.2, 0) is 0 Å². The van der Waals surface area contributed by atoms with Crippen LogP contribution < -0.4 is 0 Å². The first kappa shape index (κ1) is 12.9. The molecule has 0 amide bonds. The van der Waals surface area contributed by atoms with Gasteiger partial charge >= 0.3 is 0 Å². The molecule has 1 fully saturated rings. The molecular formula is C14H16ClN3. The lowest BCUT2D eigenvalue weighted by Gasteiger charge is -2.18. The van der Waals surface area contributed by atoms with Crippen molar-refractivity contribution in [2.75, 3.05) is 13.6 Å². The summed E-state index contributed by atoms with van der Waals surface area (Å²) in [6, 6.07) is 7.53. The third-order valence-corrected chi connectivity index (χ3v) is 3.50. The number of rotatable bonds is 1. The molecule has 0 bridgehead atoms. The molecule has 0 unspecified atom stereocenters. The normalized spacial score (nSPS) is 18.5. The van der Waals surface area contributed by atoms with Crippen molar-refractivity contribution in [2.45, 2.75) is 25.7 Å². The van der Waals surface area contributed by atoms with E-state index >= 15 is 0 Å². The van der Waals surface area contributed by atoms with Crippen LogP contribution >= 0.6 is 11.6 Å². The predicted molar refractivity (Wildman–Crippen MR) is 74.4 cm³/mol. The van der Waals surface area contributed by atoms with Crippen molar-refractivity contribution in [3.63, 3.8) is 0 Å². The van der Waals surface area contributed by atoms with E-state index in [0.29, 0.717) is 16.3 Å². The average Bonchev–Trinajstić information content (AvgIpc) is 2.55. The number of benzene rings is 1. The highest BCUT2D eigenvalue weighted by molar-refractivity contribution is 6.32. The van der Waals surface area contributed by atoms with Gasteiger partial charge in [-0.1, -0.05) is 24.1 Å². The Morgan fingerprint density at radius 2 is 2.17 bits per heavy atom. The Hall–Kier alpha value is -1.53. The molecule has 1 aliphatic rings. The summed E-state index contributed by atoms with van der Waals surface area (Å²) in [4.78, 5) is 6.80. The van der Waals surface area contributed by atoms with Crippen LogP contribution in [0.5, 0.6) is 0 Å². The van der Waals surface area contributed by atoms with Gasteiger partial charge in [-0.15, -0.1) is 0 Å². The molecular weight excluding hydrogens is 246 g/mol. The summed E-state index contributed by atoms with van der Waals surface area (Å²) < 4.78 is 0. The Bertz CT molecular complexity index is 502. The number of hydrogen-bond donors (Lipinski definition) is 0. The summed E-state index contributed by atoms with van der Waals surface area (Å²) >= 11 is 6.01. The summed E-state index contributed by atoms with van der Waals surface area (Å²) in [6.45, 7) is 1.03. The highest BCUT2D eigenvalue weighted by Gasteiger charge is 2.12. The largest absolute Gasteiger partial charge is 0.363 e. The number of hydrogen-bond acceptors (Lipinski definition) is 2. The molecule has 0 aliphatic carbocycles. The van der Waals surface area contributed by atoms with E-state index in [1.54, 1.807) is 6.07 Å². The maximum atomic E-state index is 9.13. The van der Waals surface area contributed by atoms with Crippen LogP contribution in [-0.4, -0.2) is 24.3 Å². The van der Waals surface area contributed by atoms with Crippen molar-refractivity contribution in [1.29, 1.82) is 5.26 Å². The van der Waals surface area contributed by atoms with E-state index in [4.69, 9.17) is 16.9 Å². The van der Waals surface area contributed by atoms with Crippen molar-refractivity contribution in [3.05, 3.63) is 28.8 Å². The molecule has 0 N–H and O–H groups in total. The molecule has 0 atom stereocenters. The first-order chi connectivity index (χ1) is 8.72. The molecule has 1 saturated heterocycles. The highest BCUT2D eigenvalue weighted by Crippen LogP contribution is 2.27. The smallest absolute Gasteiger partial charge is 0.105 e. The molecule has 0 aromatic heterocycles. The molecule has 0 spiro atoms. The van der Waals surface area contributed by atoms with E-state index in [0.717, 1.165) is 25.2 Å². The van der Waals surface area contributed by atoms with E-state index in [2.05, 4.69) is 23.0 Å². The van der Waals surface area contributed by atoms with Gasteiger partial charge in [0.05, 0.1) is 16.3 Å². The Labute approximate surface area is 113 Å². The van der Waals surface area contributed by atoms with E-state index < -0.39 is 0 Å². The molecule has 1 aromatic rings. The number of likely N-dealkylation sites (tertiary alicyclic amines) is 1. The van der Waals surface area contributed by atoms with Crippen LogP contribution in [0.4, 0.5) is 5.69 Å². The van der Waals surface area contributed by atoms with E-state index in [1.807, 2.05) is 12.1 Å². The Morgan fingerprint density at radius 3 is 2.94 bits per heavy atom. The first-order valence-electron chi connectivity index (χ1n) is 6.19. The zero-order valence-electron chi connectivity index (χ0n) is 10.5. The van der Waals surface area contributed by atoms with Crippen LogP contribution in [0.2, 0.25) is 5.02 Å². The fraction of sp³-hybridized carbons (Fsp3) is 0.429. The number of nitrogens with zero attached hydrogens (tertiary/aromatic N) is 3. The molecule has 4 heteroatoms. The monoisotopic (exact) mass is 261 g/mol. The number of nitriles is 1. The van der Waals surface area contributed by atoms with Crippen molar-refractivity contribution in [3.8, 4) is 6.07 Å². The maximum absolute atomic E-state index is 9.13. The second-order valence-corrected chi connectivity index (χ2v) is 4.91. The van der Waals surface area contributed by atoms with Gasteiger partial charge in [0.15, 0.2) is 0 Å². The van der Waals surface area contributed by atoms with Gasteiger partial charge in [0, 0.05) is 20.0 Å². The van der Waals surface area contributed by atoms with Gasteiger partial charge in [0.2, 0.25) is 0 Å². The molecule has 1 aliphatic heterocycles. The SMILES string of the molecule is CN1CCCCCC1=Nc1cccc(Cl)c1C#N. The van der Waals surface area contributed by atoms with Crippen molar-refractivity contribution in [2.24, 2.45) is 4.99 Å². The number of halogens is 1. The van der Waals surface area contributed by atoms with Crippen molar-refractivity contribution >= 4 is 23.1 Å². The van der Waals surface area contributed by atoms with Gasteiger partial charge in [-0.25, -0.2) is 4.99 Å². The van der Waals surface area contributed by atoms with Crippen molar-refractivity contribution < 1.29 is 0 Å². The third-order valence-electron chi connectivity index (χ3n) is 3.19. The molecule has 3 nitrogen and oxygen atoms in total. The van der Waals surface area contributed by atoms with E-state index in [1.165, 1.54) is 12.8 Å². The molecule has 0 saturated carbocycles. The molecule has 2 rings (SSSR count). The Balaban J connectivity index is 2.37. The third kappa shape index (κ3) is 2.83. The van der Waals surface area contributed by atoms with Gasteiger partial charge in [-0.05, 0) is 25.0 Å². The van der Waals surface area contributed by atoms with Gasteiger partial charge in [-0.2, -0.15) is 5.26 Å². The minimum Gasteiger partial charge on any atom is -0.363 e. The average molecular weight is 262 g/mol. The Morgan fingerprint density at radius 1 is 1.33 bits per heavy atom. The molecule has 94 valence electrons. The number of amidine groups is 1. The van der Waals surface area contributed by atoms with Gasteiger partial charge in [0.25, 0.3) is 0 Å². The lowest BCUT2D eigenvalue weighted by atomic mass is 10.2. The van der Waals surface area contributed by atoms with Gasteiger partial charge < -0.3 is 4.90 Å². The topological polar surface area (TPSA) is 39.4 Å². The zero-order chi connectivity index (χ0) is 13.0. The molecule has 0 radical (unpaired) electrons. The predicted octanol–water partition coefficient (Wildman–Crippen LogP) is 3.75. The fourth-order valence-corrected chi connectivity index (χ4v) is 2.34. The summed E-state index contributed by atoms with van der Waals surface area (Å²) in [7, 11) is 2.06. The van der Waals surface area contributed by atoms with E-state index in [9.17, 15) is 0 Å². The number of aliphatic imine (C=N–C) groups is 1. The Kier molecular flexibility index (Phi) is 4.22. The van der Waals surface area contributed by atoms with Crippen molar-refractivity contribution in [1.82, 2.24) is 4.90 Å². The highest BCUT2D eigenvalue weighted by atomic mass is 35.5. The van der Waals surface area contributed by atoms with Crippen LogP contribution in [0.25, 0.3) is 0 Å². The van der Waals surface area contributed by atoms with Gasteiger partial charge in [-0.3, -0.25) is 0 Å². The molecule has 18 heavy (non-hydrogen) atoms. The minimum atomic E-state index is 0.462. The first-order valence-corrected chi connectivity index (χ1v) is 6.57. The lowest BCUT2D eigenvalue weighted by molar-refractivity contribution is 0.494. The van der Waals surface area contributed by atoms with Crippen LogP contribution in [0.3, 0.4) is 0 Å². The summed E-state index contributed by atoms with van der Waals surface area (Å²) in [5.41, 5.74) is 1.14. The standard InChI is InChI=1S/C14H16ClN3/c1-18-9-4-2-3-8-14(18)17-13-7-5-6-12(15)11(13)10-16/h5-7H,2-4,8-9H2,1H3.